The van der Waals surface area contributed by atoms with Gasteiger partial charge in [0.1, 0.15) is 0 Å². The zero-order valence-electron chi connectivity index (χ0n) is 22.1. The Kier molecular flexibility index (Phi) is 8.22. The number of hydrogen-bond acceptors (Lipinski definition) is 3. The van der Waals surface area contributed by atoms with E-state index in [2.05, 4.69) is 0 Å². The van der Waals surface area contributed by atoms with Crippen LogP contribution < -0.4 is 5.11 Å². The van der Waals surface area contributed by atoms with Crippen LogP contribution in [0.25, 0.3) is 22.3 Å². The number of allylic oxidation sites excluding steroid dienone is 1. The highest BCUT2D eigenvalue weighted by molar-refractivity contribution is 6.01. The SMILES string of the molecule is CC(C)(C)C(=O)/C=C(\[O-])C(=O)N(Cc1ccc(-c2ccccc2)cc1)Cc1ccc(-c2ccccc2)cc1. The van der Waals surface area contributed by atoms with Gasteiger partial charge in [0.05, 0.1) is 0 Å². The van der Waals surface area contributed by atoms with Crippen LogP contribution in [-0.4, -0.2) is 16.6 Å². The average molecular weight is 503 g/mol. The Morgan fingerprint density at radius 1 is 0.632 bits per heavy atom. The lowest BCUT2D eigenvalue weighted by atomic mass is 9.90. The Morgan fingerprint density at radius 2 is 1.00 bits per heavy atom. The Bertz CT molecular complexity index is 1310. The van der Waals surface area contributed by atoms with E-state index in [0.29, 0.717) is 0 Å². The van der Waals surface area contributed by atoms with E-state index in [1.165, 1.54) is 4.90 Å². The highest BCUT2D eigenvalue weighted by Gasteiger charge is 2.21. The van der Waals surface area contributed by atoms with Crippen LogP contribution in [0.15, 0.2) is 121 Å². The molecule has 4 aromatic carbocycles. The Balaban J connectivity index is 1.58. The predicted octanol–water partition coefficient (Wildman–Crippen LogP) is 6.41. The highest BCUT2D eigenvalue weighted by Crippen LogP contribution is 2.23. The molecule has 0 radical (unpaired) electrons. The molecule has 0 aliphatic heterocycles. The minimum absolute atomic E-state index is 0.248. The third kappa shape index (κ3) is 6.86. The first-order chi connectivity index (χ1) is 18.2. The third-order valence-corrected chi connectivity index (χ3v) is 6.37. The van der Waals surface area contributed by atoms with Gasteiger partial charge in [-0.25, -0.2) is 0 Å². The average Bonchev–Trinajstić information content (AvgIpc) is 2.93. The first-order valence-electron chi connectivity index (χ1n) is 12.7. The van der Waals surface area contributed by atoms with Gasteiger partial charge in [0.15, 0.2) is 5.78 Å². The molecule has 0 saturated carbocycles. The van der Waals surface area contributed by atoms with Crippen molar-refractivity contribution in [3.8, 4) is 22.3 Å². The van der Waals surface area contributed by atoms with Crippen LogP contribution in [-0.2, 0) is 22.7 Å². The lowest BCUT2D eigenvalue weighted by Crippen LogP contribution is -2.36. The maximum Gasteiger partial charge on any atom is 0.239 e. The number of rotatable bonds is 8. The van der Waals surface area contributed by atoms with E-state index in [9.17, 15) is 14.7 Å². The lowest BCUT2D eigenvalue weighted by Gasteiger charge is -2.27. The van der Waals surface area contributed by atoms with E-state index in [1.807, 2.05) is 109 Å². The van der Waals surface area contributed by atoms with Crippen LogP contribution in [0.2, 0.25) is 0 Å². The summed E-state index contributed by atoms with van der Waals surface area (Å²) in [4.78, 5) is 27.2. The molecule has 0 unspecified atom stereocenters. The fourth-order valence-electron chi connectivity index (χ4n) is 4.06. The maximum atomic E-state index is 13.3. The van der Waals surface area contributed by atoms with Crippen molar-refractivity contribution in [3.63, 3.8) is 0 Å². The van der Waals surface area contributed by atoms with Gasteiger partial charge in [0.25, 0.3) is 0 Å². The summed E-state index contributed by atoms with van der Waals surface area (Å²) in [6, 6.07) is 36.0. The molecule has 0 aliphatic carbocycles. The number of carbonyl (C=O) groups is 2. The van der Waals surface area contributed by atoms with Gasteiger partial charge < -0.3 is 10.0 Å². The quantitative estimate of drug-likeness (QED) is 0.207. The van der Waals surface area contributed by atoms with E-state index >= 15 is 0 Å². The van der Waals surface area contributed by atoms with Crippen LogP contribution >= 0.6 is 0 Å². The molecule has 4 nitrogen and oxygen atoms in total. The summed E-state index contributed by atoms with van der Waals surface area (Å²) < 4.78 is 0. The second-order valence-electron chi connectivity index (χ2n) is 10.4. The van der Waals surface area contributed by atoms with Crippen molar-refractivity contribution in [1.29, 1.82) is 0 Å². The molecule has 4 aromatic rings. The fraction of sp³-hybridized carbons (Fsp3) is 0.176. The summed E-state index contributed by atoms with van der Waals surface area (Å²) in [6.07, 6.45) is 0.937. The second kappa shape index (κ2) is 11.7. The maximum absolute atomic E-state index is 13.3. The van der Waals surface area contributed by atoms with E-state index in [-0.39, 0.29) is 18.9 Å². The summed E-state index contributed by atoms with van der Waals surface area (Å²) >= 11 is 0. The fourth-order valence-corrected chi connectivity index (χ4v) is 4.06. The molecule has 0 bridgehead atoms. The van der Waals surface area contributed by atoms with Gasteiger partial charge in [0, 0.05) is 18.5 Å². The molecule has 38 heavy (non-hydrogen) atoms. The normalized spacial score (nSPS) is 11.7. The highest BCUT2D eigenvalue weighted by atomic mass is 16.3. The number of amides is 1. The van der Waals surface area contributed by atoms with Crippen molar-refractivity contribution >= 4 is 11.7 Å². The largest absolute Gasteiger partial charge is 0.869 e. The van der Waals surface area contributed by atoms with Crippen molar-refractivity contribution in [2.75, 3.05) is 0 Å². The van der Waals surface area contributed by atoms with Gasteiger partial charge in [-0.3, -0.25) is 9.59 Å². The molecule has 0 spiro atoms. The summed E-state index contributed by atoms with van der Waals surface area (Å²) in [6.45, 7) is 5.67. The molecular weight excluding hydrogens is 470 g/mol. The summed E-state index contributed by atoms with van der Waals surface area (Å²) in [5.74, 6) is -1.86. The van der Waals surface area contributed by atoms with Gasteiger partial charge in [0.2, 0.25) is 5.91 Å². The molecule has 0 heterocycles. The van der Waals surface area contributed by atoms with Gasteiger partial charge in [-0.05, 0) is 45.2 Å². The van der Waals surface area contributed by atoms with Crippen LogP contribution in [0.1, 0.15) is 31.9 Å². The Labute approximate surface area is 224 Å². The molecule has 0 aliphatic rings. The lowest BCUT2D eigenvalue weighted by molar-refractivity contribution is -0.301. The van der Waals surface area contributed by atoms with E-state index in [0.717, 1.165) is 39.5 Å². The van der Waals surface area contributed by atoms with E-state index < -0.39 is 17.1 Å². The van der Waals surface area contributed by atoms with Crippen LogP contribution in [0, 0.1) is 5.41 Å². The Morgan fingerprint density at radius 3 is 1.37 bits per heavy atom. The van der Waals surface area contributed by atoms with Crippen LogP contribution in [0.3, 0.4) is 0 Å². The standard InChI is InChI=1S/C34H33NO3/c1-34(2,3)32(37)22-31(36)33(38)35(23-25-14-18-29(19-15-25)27-10-6-4-7-11-27)24-26-16-20-30(21-17-26)28-12-8-5-9-13-28/h4-22,36H,23-24H2,1-3H3/p-1/b31-22-. The molecular formula is C34H32NO3-. The first-order valence-corrected chi connectivity index (χ1v) is 12.7. The van der Waals surface area contributed by atoms with Crippen molar-refractivity contribution < 1.29 is 14.7 Å². The summed E-state index contributed by atoms with van der Waals surface area (Å²) in [7, 11) is 0. The van der Waals surface area contributed by atoms with Crippen molar-refractivity contribution in [2.45, 2.75) is 33.9 Å². The summed E-state index contributed by atoms with van der Waals surface area (Å²) in [5.41, 5.74) is 5.42. The molecule has 4 heteroatoms. The van der Waals surface area contributed by atoms with Gasteiger partial charge in [-0.15, -0.1) is 0 Å². The summed E-state index contributed by atoms with van der Waals surface area (Å²) in [5, 5.41) is 12.8. The minimum Gasteiger partial charge on any atom is -0.869 e. The molecule has 0 atom stereocenters. The molecule has 0 aromatic heterocycles. The zero-order valence-corrected chi connectivity index (χ0v) is 22.1. The minimum atomic E-state index is -0.799. The topological polar surface area (TPSA) is 60.4 Å². The first kappa shape index (κ1) is 26.6. The smallest absolute Gasteiger partial charge is 0.239 e. The van der Waals surface area contributed by atoms with Crippen LogP contribution in [0.4, 0.5) is 0 Å². The zero-order chi connectivity index (χ0) is 27.1. The molecule has 192 valence electrons. The second-order valence-corrected chi connectivity index (χ2v) is 10.4. The van der Waals surface area contributed by atoms with Crippen molar-refractivity contribution in [3.05, 3.63) is 132 Å². The van der Waals surface area contributed by atoms with Gasteiger partial charge in [-0.1, -0.05) is 130 Å². The van der Waals surface area contributed by atoms with Crippen molar-refractivity contribution in [1.82, 2.24) is 4.90 Å². The molecule has 0 fully saturated rings. The van der Waals surface area contributed by atoms with Gasteiger partial charge in [-0.2, -0.15) is 0 Å². The predicted molar refractivity (Wildman–Crippen MR) is 151 cm³/mol. The molecule has 0 N–H and O–H groups in total. The number of hydrogen-bond donors (Lipinski definition) is 0. The third-order valence-electron chi connectivity index (χ3n) is 6.37. The van der Waals surface area contributed by atoms with Gasteiger partial charge >= 0.3 is 0 Å². The number of ketones is 1. The monoisotopic (exact) mass is 502 g/mol. The number of benzene rings is 4. The van der Waals surface area contributed by atoms with Crippen LogP contribution in [0.5, 0.6) is 0 Å². The molecule has 0 saturated heterocycles. The van der Waals surface area contributed by atoms with E-state index in [1.54, 1.807) is 20.8 Å². The number of nitrogens with zero attached hydrogens (tertiary/aromatic N) is 1. The number of carbonyl (C=O) groups excluding carboxylic acids is 2. The molecule has 1 amide bonds. The van der Waals surface area contributed by atoms with E-state index in [4.69, 9.17) is 0 Å². The van der Waals surface area contributed by atoms with Crippen molar-refractivity contribution in [2.24, 2.45) is 5.41 Å². The molecule has 4 rings (SSSR count). The Hall–Kier alpha value is -4.44.